The number of hydrogen-bond donors (Lipinski definition) is 1. The highest BCUT2D eigenvalue weighted by Gasteiger charge is 2.00. The van der Waals surface area contributed by atoms with Gasteiger partial charge in [0.2, 0.25) is 0 Å². The van der Waals surface area contributed by atoms with Gasteiger partial charge in [-0.25, -0.2) is 0 Å². The molecule has 2 heteroatoms. The Labute approximate surface area is 77.3 Å². The van der Waals surface area contributed by atoms with E-state index < -0.39 is 6.10 Å². The third kappa shape index (κ3) is 2.36. The average molecular weight is 183 g/mol. The van der Waals surface area contributed by atoms with Gasteiger partial charge in [0.1, 0.15) is 0 Å². The van der Waals surface area contributed by atoms with Crippen molar-refractivity contribution in [2.75, 3.05) is 0 Å². The van der Waals surface area contributed by atoms with Crippen LogP contribution in [0.25, 0.3) is 0 Å². The highest BCUT2D eigenvalue weighted by atomic mass is 35.5. The van der Waals surface area contributed by atoms with E-state index in [-0.39, 0.29) is 0 Å². The summed E-state index contributed by atoms with van der Waals surface area (Å²) in [6.45, 7) is 1.87. The number of aliphatic hydroxyl groups is 1. The fourth-order valence-corrected chi connectivity index (χ4v) is 1.08. The Morgan fingerprint density at radius 1 is 1.33 bits per heavy atom. The number of halogens is 1. The van der Waals surface area contributed by atoms with Crippen LogP contribution in [0, 0.1) is 0 Å². The molecule has 0 spiro atoms. The van der Waals surface area contributed by atoms with Crippen molar-refractivity contribution in [3.63, 3.8) is 0 Å². The molecule has 0 saturated carbocycles. The average Bonchev–Trinajstić information content (AvgIpc) is 2.06. The Balaban J connectivity index is 2.82. The first kappa shape index (κ1) is 9.30. The largest absolute Gasteiger partial charge is 0.384 e. The van der Waals surface area contributed by atoms with Crippen LogP contribution in [0.3, 0.4) is 0 Å². The summed E-state index contributed by atoms with van der Waals surface area (Å²) < 4.78 is 0. The number of aliphatic hydroxyl groups excluding tert-OH is 1. The van der Waals surface area contributed by atoms with Gasteiger partial charge < -0.3 is 5.11 Å². The predicted molar refractivity (Wildman–Crippen MR) is 51.2 cm³/mol. The molecule has 1 aromatic rings. The van der Waals surface area contributed by atoms with Crippen molar-refractivity contribution in [3.05, 3.63) is 47.0 Å². The Kier molecular flexibility index (Phi) is 3.32. The molecule has 1 N–H and O–H groups in total. The minimum atomic E-state index is -0.521. The lowest BCUT2D eigenvalue weighted by Gasteiger charge is -2.04. The first-order valence-corrected chi connectivity index (χ1v) is 4.18. The molecular weight excluding hydrogens is 172 g/mol. The topological polar surface area (TPSA) is 20.2 Å². The summed E-state index contributed by atoms with van der Waals surface area (Å²) in [6, 6.07) is 7.16. The third-order valence-electron chi connectivity index (χ3n) is 1.59. The van der Waals surface area contributed by atoms with E-state index in [1.54, 1.807) is 18.2 Å². The number of rotatable bonds is 2. The Hall–Kier alpha value is -0.790. The van der Waals surface area contributed by atoms with Crippen LogP contribution >= 0.6 is 11.6 Å². The summed E-state index contributed by atoms with van der Waals surface area (Å²) in [7, 11) is 0. The van der Waals surface area contributed by atoms with E-state index in [4.69, 9.17) is 11.6 Å². The highest BCUT2D eigenvalue weighted by molar-refractivity contribution is 6.30. The lowest BCUT2D eigenvalue weighted by Crippen LogP contribution is -1.91. The van der Waals surface area contributed by atoms with Crippen LogP contribution < -0.4 is 0 Å². The molecule has 1 rings (SSSR count). The summed E-state index contributed by atoms with van der Waals surface area (Å²) in [4.78, 5) is 0. The molecule has 12 heavy (non-hydrogen) atoms. The zero-order valence-corrected chi connectivity index (χ0v) is 7.62. The molecule has 0 aliphatic rings. The second-order valence-electron chi connectivity index (χ2n) is 2.52. The van der Waals surface area contributed by atoms with Crippen LogP contribution in [0.15, 0.2) is 36.4 Å². The maximum atomic E-state index is 9.48. The van der Waals surface area contributed by atoms with Crippen molar-refractivity contribution in [1.29, 1.82) is 0 Å². The van der Waals surface area contributed by atoms with E-state index in [1.807, 2.05) is 25.1 Å². The summed E-state index contributed by atoms with van der Waals surface area (Å²) >= 11 is 5.69. The summed E-state index contributed by atoms with van der Waals surface area (Å²) in [5.74, 6) is 0. The molecule has 0 bridgehead atoms. The quantitative estimate of drug-likeness (QED) is 0.698. The molecule has 0 saturated heterocycles. The van der Waals surface area contributed by atoms with Gasteiger partial charge in [0, 0.05) is 5.02 Å². The molecule has 0 aliphatic heterocycles. The van der Waals surface area contributed by atoms with Crippen LogP contribution in [0.1, 0.15) is 18.6 Å². The van der Waals surface area contributed by atoms with E-state index in [0.717, 1.165) is 5.56 Å². The lowest BCUT2D eigenvalue weighted by atomic mass is 10.1. The maximum Gasteiger partial charge on any atom is 0.0971 e. The minimum absolute atomic E-state index is 0.521. The first-order chi connectivity index (χ1) is 5.74. The van der Waals surface area contributed by atoms with Crippen molar-refractivity contribution in [2.24, 2.45) is 0 Å². The molecule has 0 heterocycles. The first-order valence-electron chi connectivity index (χ1n) is 3.80. The van der Waals surface area contributed by atoms with Crippen molar-refractivity contribution >= 4 is 11.6 Å². The van der Waals surface area contributed by atoms with E-state index >= 15 is 0 Å². The third-order valence-corrected chi connectivity index (χ3v) is 1.84. The van der Waals surface area contributed by atoms with Gasteiger partial charge in [-0.2, -0.15) is 0 Å². The van der Waals surface area contributed by atoms with Gasteiger partial charge in [0.25, 0.3) is 0 Å². The molecule has 1 nitrogen and oxygen atoms in total. The van der Waals surface area contributed by atoms with E-state index in [0.29, 0.717) is 5.02 Å². The van der Waals surface area contributed by atoms with Gasteiger partial charge >= 0.3 is 0 Å². The van der Waals surface area contributed by atoms with Gasteiger partial charge in [-0.15, -0.1) is 0 Å². The molecule has 0 unspecified atom stereocenters. The Morgan fingerprint density at radius 2 is 1.92 bits per heavy atom. The Bertz CT molecular complexity index is 264. The predicted octanol–water partition coefficient (Wildman–Crippen LogP) is 2.95. The van der Waals surface area contributed by atoms with Crippen molar-refractivity contribution in [3.8, 4) is 0 Å². The summed E-state index contributed by atoms with van der Waals surface area (Å²) in [5.41, 5.74) is 0.859. The normalized spacial score (nSPS) is 13.6. The summed E-state index contributed by atoms with van der Waals surface area (Å²) in [5, 5.41) is 10.2. The van der Waals surface area contributed by atoms with E-state index in [2.05, 4.69) is 0 Å². The van der Waals surface area contributed by atoms with Crippen molar-refractivity contribution in [1.82, 2.24) is 0 Å². The van der Waals surface area contributed by atoms with E-state index in [9.17, 15) is 5.11 Å². The van der Waals surface area contributed by atoms with Crippen molar-refractivity contribution < 1.29 is 5.11 Å². The maximum absolute atomic E-state index is 9.48. The molecule has 64 valence electrons. The number of allylic oxidation sites excluding steroid dienone is 1. The number of hydrogen-bond acceptors (Lipinski definition) is 1. The van der Waals surface area contributed by atoms with Gasteiger partial charge in [0.05, 0.1) is 6.10 Å². The van der Waals surface area contributed by atoms with Crippen LogP contribution in [-0.4, -0.2) is 5.11 Å². The van der Waals surface area contributed by atoms with Crippen molar-refractivity contribution in [2.45, 2.75) is 13.0 Å². The SMILES string of the molecule is C/C=C/[C@H](O)c1ccc(Cl)cc1. The molecule has 0 amide bonds. The van der Waals surface area contributed by atoms with E-state index in [1.165, 1.54) is 0 Å². The van der Waals surface area contributed by atoms with Crippen LogP contribution in [-0.2, 0) is 0 Å². The smallest absolute Gasteiger partial charge is 0.0971 e. The molecule has 0 aliphatic carbocycles. The molecule has 0 radical (unpaired) electrons. The fraction of sp³-hybridized carbons (Fsp3) is 0.200. The standard InChI is InChI=1S/C10H11ClO/c1-2-3-10(12)8-4-6-9(11)7-5-8/h2-7,10,12H,1H3/b3-2+/t10-/m0/s1. The Morgan fingerprint density at radius 3 is 2.42 bits per heavy atom. The second-order valence-corrected chi connectivity index (χ2v) is 2.96. The van der Waals surface area contributed by atoms with Gasteiger partial charge in [0.15, 0.2) is 0 Å². The fourth-order valence-electron chi connectivity index (χ4n) is 0.953. The van der Waals surface area contributed by atoms with Crippen LogP contribution in [0.4, 0.5) is 0 Å². The second kappa shape index (κ2) is 4.29. The summed E-state index contributed by atoms with van der Waals surface area (Å²) in [6.07, 6.45) is 3.02. The zero-order chi connectivity index (χ0) is 8.97. The zero-order valence-electron chi connectivity index (χ0n) is 6.87. The number of benzene rings is 1. The van der Waals surface area contributed by atoms with Gasteiger partial charge in [-0.05, 0) is 24.6 Å². The molecule has 0 aromatic heterocycles. The monoisotopic (exact) mass is 182 g/mol. The lowest BCUT2D eigenvalue weighted by molar-refractivity contribution is 0.228. The molecule has 1 atom stereocenters. The molecular formula is C10H11ClO. The minimum Gasteiger partial charge on any atom is -0.384 e. The van der Waals surface area contributed by atoms with Crippen LogP contribution in [0.2, 0.25) is 5.02 Å². The van der Waals surface area contributed by atoms with Gasteiger partial charge in [-0.3, -0.25) is 0 Å². The molecule has 0 fully saturated rings. The molecule has 1 aromatic carbocycles. The van der Waals surface area contributed by atoms with Crippen LogP contribution in [0.5, 0.6) is 0 Å². The van der Waals surface area contributed by atoms with Gasteiger partial charge in [-0.1, -0.05) is 35.9 Å². The highest BCUT2D eigenvalue weighted by Crippen LogP contribution is 2.16.